The number of Topliss-reactive ketones (excluding diaryl/α,β-unsaturated/α-hetero) is 1. The fourth-order valence-corrected chi connectivity index (χ4v) is 2.94. The first kappa shape index (κ1) is 9.91. The lowest BCUT2D eigenvalue weighted by atomic mass is 9.62. The van der Waals surface area contributed by atoms with E-state index in [1.807, 2.05) is 6.92 Å². The highest BCUT2D eigenvalue weighted by Crippen LogP contribution is 2.48. The first-order valence-electron chi connectivity index (χ1n) is 5.47. The Labute approximate surface area is 85.0 Å². The Balaban J connectivity index is 2.45. The maximum atomic E-state index is 11.6. The van der Waals surface area contributed by atoms with Crippen molar-refractivity contribution in [3.8, 4) is 0 Å². The smallest absolute Gasteiger partial charge is 0.158 e. The van der Waals surface area contributed by atoms with Crippen LogP contribution in [0.1, 0.15) is 46.0 Å². The second kappa shape index (κ2) is 3.20. The summed E-state index contributed by atoms with van der Waals surface area (Å²) in [7, 11) is 0. The lowest BCUT2D eigenvalue weighted by Crippen LogP contribution is -2.41. The molecule has 78 valence electrons. The van der Waals surface area contributed by atoms with Gasteiger partial charge in [0, 0.05) is 11.8 Å². The van der Waals surface area contributed by atoms with Crippen molar-refractivity contribution in [3.63, 3.8) is 0 Å². The molecule has 0 aromatic rings. The molecule has 0 amide bonds. The molecule has 1 fully saturated rings. The average molecular weight is 194 g/mol. The Bertz CT molecular complexity index is 303. The predicted octanol–water partition coefficient (Wildman–Crippen LogP) is 2.22. The number of allylic oxidation sites excluding steroid dienone is 1. The second-order valence-electron chi connectivity index (χ2n) is 4.85. The van der Waals surface area contributed by atoms with Crippen molar-refractivity contribution in [1.29, 1.82) is 0 Å². The number of carbonyl (C=O) groups excluding carboxylic acids is 1. The molecule has 2 nitrogen and oxygen atoms in total. The summed E-state index contributed by atoms with van der Waals surface area (Å²) in [4.78, 5) is 11.6. The minimum absolute atomic E-state index is 0.101. The zero-order valence-corrected chi connectivity index (χ0v) is 8.97. The highest BCUT2D eigenvalue weighted by Gasteiger charge is 2.43. The van der Waals surface area contributed by atoms with Crippen molar-refractivity contribution in [3.05, 3.63) is 11.1 Å². The molecule has 0 radical (unpaired) electrons. The van der Waals surface area contributed by atoms with E-state index >= 15 is 0 Å². The SMILES string of the molecule is CC1=C2CCC[C@H](O)[C@]2(C)CCC1=O. The van der Waals surface area contributed by atoms with E-state index in [-0.39, 0.29) is 17.3 Å². The lowest BCUT2D eigenvalue weighted by Gasteiger charge is -2.44. The van der Waals surface area contributed by atoms with Crippen molar-refractivity contribution in [2.24, 2.45) is 5.41 Å². The molecular weight excluding hydrogens is 176 g/mol. The van der Waals surface area contributed by atoms with E-state index in [0.29, 0.717) is 6.42 Å². The molecule has 1 N–H and O–H groups in total. The van der Waals surface area contributed by atoms with Crippen LogP contribution in [-0.4, -0.2) is 17.0 Å². The molecule has 0 aromatic carbocycles. The van der Waals surface area contributed by atoms with Crippen molar-refractivity contribution in [1.82, 2.24) is 0 Å². The van der Waals surface area contributed by atoms with Crippen LogP contribution < -0.4 is 0 Å². The van der Waals surface area contributed by atoms with Crippen LogP contribution in [0.2, 0.25) is 0 Å². The van der Waals surface area contributed by atoms with Gasteiger partial charge in [0.15, 0.2) is 5.78 Å². The molecular formula is C12H18O2. The third kappa shape index (κ3) is 1.24. The van der Waals surface area contributed by atoms with Crippen LogP contribution in [0.25, 0.3) is 0 Å². The van der Waals surface area contributed by atoms with Gasteiger partial charge in [-0.3, -0.25) is 4.79 Å². The molecule has 14 heavy (non-hydrogen) atoms. The molecule has 0 bridgehead atoms. The number of aliphatic hydroxyl groups is 1. The summed E-state index contributed by atoms with van der Waals surface area (Å²) in [5.74, 6) is 0.284. The standard InChI is InChI=1S/C12H18O2/c1-8-9-4-3-5-11(14)12(9,2)7-6-10(8)13/h11,14H,3-7H2,1-2H3/t11-,12+/m0/s1. The van der Waals surface area contributed by atoms with Crippen LogP contribution in [0, 0.1) is 5.41 Å². The summed E-state index contributed by atoms with van der Waals surface area (Å²) in [6.07, 6.45) is 4.13. The van der Waals surface area contributed by atoms with E-state index in [9.17, 15) is 9.90 Å². The van der Waals surface area contributed by atoms with E-state index in [0.717, 1.165) is 31.3 Å². The molecule has 2 rings (SSSR count). The van der Waals surface area contributed by atoms with Crippen LogP contribution in [0.3, 0.4) is 0 Å². The van der Waals surface area contributed by atoms with Gasteiger partial charge in [0.25, 0.3) is 0 Å². The molecule has 0 unspecified atom stereocenters. The van der Waals surface area contributed by atoms with Crippen LogP contribution in [0.4, 0.5) is 0 Å². The second-order valence-corrected chi connectivity index (χ2v) is 4.85. The number of hydrogen-bond donors (Lipinski definition) is 1. The molecule has 0 heterocycles. The Morgan fingerprint density at radius 3 is 2.86 bits per heavy atom. The molecule has 2 atom stereocenters. The van der Waals surface area contributed by atoms with Crippen LogP contribution in [0.5, 0.6) is 0 Å². The summed E-state index contributed by atoms with van der Waals surface area (Å²) >= 11 is 0. The number of hydrogen-bond acceptors (Lipinski definition) is 2. The van der Waals surface area contributed by atoms with Crippen molar-refractivity contribution in [2.75, 3.05) is 0 Å². The summed E-state index contributed by atoms with van der Waals surface area (Å²) in [5.41, 5.74) is 2.06. The van der Waals surface area contributed by atoms with E-state index in [2.05, 4.69) is 6.92 Å². The van der Waals surface area contributed by atoms with Gasteiger partial charge >= 0.3 is 0 Å². The van der Waals surface area contributed by atoms with Gasteiger partial charge in [0.1, 0.15) is 0 Å². The molecule has 1 saturated carbocycles. The average Bonchev–Trinajstić information content (AvgIpc) is 2.16. The Hall–Kier alpha value is -0.630. The van der Waals surface area contributed by atoms with Gasteiger partial charge < -0.3 is 5.11 Å². The predicted molar refractivity (Wildman–Crippen MR) is 54.9 cm³/mol. The first-order chi connectivity index (χ1) is 6.55. The maximum Gasteiger partial charge on any atom is 0.158 e. The summed E-state index contributed by atoms with van der Waals surface area (Å²) in [6, 6.07) is 0. The maximum absolute atomic E-state index is 11.6. The van der Waals surface area contributed by atoms with Crippen LogP contribution >= 0.6 is 0 Å². The van der Waals surface area contributed by atoms with Crippen LogP contribution in [0.15, 0.2) is 11.1 Å². The quantitative estimate of drug-likeness (QED) is 0.642. The third-order valence-corrected chi connectivity index (χ3v) is 4.07. The molecule has 2 aliphatic rings. The number of ketones is 1. The highest BCUT2D eigenvalue weighted by atomic mass is 16.3. The number of rotatable bonds is 0. The molecule has 0 aromatic heterocycles. The molecule has 0 saturated heterocycles. The fraction of sp³-hybridized carbons (Fsp3) is 0.750. The van der Waals surface area contributed by atoms with Crippen molar-refractivity contribution < 1.29 is 9.90 Å². The summed E-state index contributed by atoms with van der Waals surface area (Å²) in [6.45, 7) is 4.04. The zero-order valence-electron chi connectivity index (χ0n) is 8.97. The monoisotopic (exact) mass is 194 g/mol. The lowest BCUT2D eigenvalue weighted by molar-refractivity contribution is -0.117. The minimum Gasteiger partial charge on any atom is -0.392 e. The van der Waals surface area contributed by atoms with Crippen molar-refractivity contribution in [2.45, 2.75) is 52.1 Å². The van der Waals surface area contributed by atoms with Gasteiger partial charge in [-0.15, -0.1) is 0 Å². The van der Waals surface area contributed by atoms with Gasteiger partial charge in [-0.05, 0) is 38.2 Å². The first-order valence-corrected chi connectivity index (χ1v) is 5.47. The Morgan fingerprint density at radius 2 is 2.14 bits per heavy atom. The van der Waals surface area contributed by atoms with Gasteiger partial charge in [0.05, 0.1) is 6.10 Å². The zero-order chi connectivity index (χ0) is 10.3. The minimum atomic E-state index is -0.241. The molecule has 0 aliphatic heterocycles. The molecule has 0 spiro atoms. The Kier molecular flexibility index (Phi) is 2.26. The Morgan fingerprint density at radius 1 is 1.43 bits per heavy atom. The molecule has 2 aliphatic carbocycles. The molecule has 2 heteroatoms. The van der Waals surface area contributed by atoms with Gasteiger partial charge in [0.2, 0.25) is 0 Å². The van der Waals surface area contributed by atoms with Crippen LogP contribution in [-0.2, 0) is 4.79 Å². The van der Waals surface area contributed by atoms with Gasteiger partial charge in [-0.2, -0.15) is 0 Å². The summed E-state index contributed by atoms with van der Waals surface area (Å²) < 4.78 is 0. The number of carbonyl (C=O) groups is 1. The highest BCUT2D eigenvalue weighted by molar-refractivity contribution is 5.96. The van der Waals surface area contributed by atoms with E-state index in [1.54, 1.807) is 0 Å². The number of aliphatic hydroxyl groups excluding tert-OH is 1. The number of fused-ring (bicyclic) bond motifs is 1. The fourth-order valence-electron chi connectivity index (χ4n) is 2.94. The van der Waals surface area contributed by atoms with E-state index < -0.39 is 0 Å². The largest absolute Gasteiger partial charge is 0.392 e. The van der Waals surface area contributed by atoms with E-state index in [1.165, 1.54) is 5.57 Å². The van der Waals surface area contributed by atoms with Gasteiger partial charge in [-0.25, -0.2) is 0 Å². The normalized spacial score (nSPS) is 38.5. The van der Waals surface area contributed by atoms with E-state index in [4.69, 9.17) is 0 Å². The topological polar surface area (TPSA) is 37.3 Å². The summed E-state index contributed by atoms with van der Waals surface area (Å²) in [5, 5.41) is 10.0. The van der Waals surface area contributed by atoms with Gasteiger partial charge in [-0.1, -0.05) is 12.5 Å². The third-order valence-electron chi connectivity index (χ3n) is 4.07. The van der Waals surface area contributed by atoms with Crippen molar-refractivity contribution >= 4 is 5.78 Å².